The van der Waals surface area contributed by atoms with Crippen LogP contribution in [0.25, 0.3) is 0 Å². The Hall–Kier alpha value is -1.06. The Morgan fingerprint density at radius 2 is 2.08 bits per heavy atom. The Kier molecular flexibility index (Phi) is 5.08. The lowest BCUT2D eigenvalue weighted by atomic mass is 10.0. The number of carboxylic acid groups (broad SMARTS) is 1. The second kappa shape index (κ2) is 5.57. The van der Waals surface area contributed by atoms with Crippen LogP contribution in [0.2, 0.25) is 0 Å². The van der Waals surface area contributed by atoms with Crippen LogP contribution in [0.5, 0.6) is 0 Å². The van der Waals surface area contributed by atoms with E-state index < -0.39 is 5.97 Å². The van der Waals surface area contributed by atoms with Crippen molar-refractivity contribution in [1.29, 1.82) is 0 Å². The topological polar surface area (TPSA) is 63.6 Å². The molecule has 4 nitrogen and oxygen atoms in total. The molecule has 0 spiro atoms. The van der Waals surface area contributed by atoms with Crippen molar-refractivity contribution in [3.05, 3.63) is 0 Å². The van der Waals surface area contributed by atoms with E-state index in [1.807, 2.05) is 0 Å². The van der Waals surface area contributed by atoms with Gasteiger partial charge in [0.25, 0.3) is 0 Å². The second-order valence-electron chi connectivity index (χ2n) is 2.71. The van der Waals surface area contributed by atoms with E-state index in [1.165, 1.54) is 7.11 Å². The first-order chi connectivity index (χ1) is 5.57. The molecular weight excluding hydrogens is 160 g/mol. The van der Waals surface area contributed by atoms with Crippen molar-refractivity contribution >= 4 is 11.9 Å². The first-order valence-electron chi connectivity index (χ1n) is 3.87. The second-order valence-corrected chi connectivity index (χ2v) is 2.71. The summed E-state index contributed by atoms with van der Waals surface area (Å²) in [7, 11) is 1.32. The minimum atomic E-state index is -0.820. The van der Waals surface area contributed by atoms with Gasteiger partial charge in [-0.3, -0.25) is 9.59 Å². The van der Waals surface area contributed by atoms with Crippen LogP contribution in [0.3, 0.4) is 0 Å². The van der Waals surface area contributed by atoms with Gasteiger partial charge < -0.3 is 9.84 Å². The van der Waals surface area contributed by atoms with Gasteiger partial charge in [-0.05, 0) is 12.8 Å². The average molecular weight is 174 g/mol. The predicted octanol–water partition coefficient (Wildman–Crippen LogP) is 1.05. The summed E-state index contributed by atoms with van der Waals surface area (Å²) in [5, 5.41) is 8.49. The number of carbonyl (C=O) groups excluding carboxylic acids is 1. The molecule has 12 heavy (non-hydrogen) atoms. The number of rotatable bonds is 5. The van der Waals surface area contributed by atoms with E-state index in [0.29, 0.717) is 19.3 Å². The zero-order valence-corrected chi connectivity index (χ0v) is 7.37. The van der Waals surface area contributed by atoms with E-state index in [-0.39, 0.29) is 11.9 Å². The molecule has 0 aliphatic carbocycles. The van der Waals surface area contributed by atoms with Gasteiger partial charge in [-0.15, -0.1) is 0 Å². The van der Waals surface area contributed by atoms with Crippen molar-refractivity contribution in [3.63, 3.8) is 0 Å². The van der Waals surface area contributed by atoms with Gasteiger partial charge in [-0.25, -0.2) is 0 Å². The molecule has 0 heterocycles. The van der Waals surface area contributed by atoms with E-state index >= 15 is 0 Å². The Morgan fingerprint density at radius 3 is 2.50 bits per heavy atom. The van der Waals surface area contributed by atoms with E-state index in [4.69, 9.17) is 5.11 Å². The van der Waals surface area contributed by atoms with Gasteiger partial charge in [0, 0.05) is 6.42 Å². The molecular formula is C8H14O4. The first-order valence-corrected chi connectivity index (χ1v) is 3.87. The SMILES string of the molecule is COC(=O)CCCC(C)C(=O)O. The molecule has 70 valence electrons. The molecule has 0 fully saturated rings. The van der Waals surface area contributed by atoms with E-state index in [1.54, 1.807) is 6.92 Å². The predicted molar refractivity (Wildman–Crippen MR) is 42.7 cm³/mol. The van der Waals surface area contributed by atoms with Gasteiger partial charge in [0.1, 0.15) is 0 Å². The molecule has 0 bridgehead atoms. The van der Waals surface area contributed by atoms with Gasteiger partial charge in [0.15, 0.2) is 0 Å². The van der Waals surface area contributed by atoms with Crippen LogP contribution >= 0.6 is 0 Å². The Labute approximate surface area is 71.5 Å². The number of methoxy groups -OCH3 is 1. The van der Waals surface area contributed by atoms with E-state index in [9.17, 15) is 9.59 Å². The molecule has 0 aliphatic heterocycles. The maximum atomic E-state index is 10.6. The van der Waals surface area contributed by atoms with Gasteiger partial charge in [0.2, 0.25) is 0 Å². The van der Waals surface area contributed by atoms with Crippen LogP contribution < -0.4 is 0 Å². The third kappa shape index (κ3) is 4.71. The summed E-state index contributed by atoms with van der Waals surface area (Å²) in [5.74, 6) is -1.48. The third-order valence-corrected chi connectivity index (χ3v) is 1.67. The molecule has 1 unspecified atom stereocenters. The third-order valence-electron chi connectivity index (χ3n) is 1.67. The number of hydrogen-bond acceptors (Lipinski definition) is 3. The van der Waals surface area contributed by atoms with Gasteiger partial charge in [0.05, 0.1) is 13.0 Å². The highest BCUT2D eigenvalue weighted by Crippen LogP contribution is 2.07. The Bertz CT molecular complexity index is 164. The molecule has 1 atom stereocenters. The molecule has 0 radical (unpaired) electrons. The number of aliphatic carboxylic acids is 1. The molecule has 0 rings (SSSR count). The van der Waals surface area contributed by atoms with Crippen LogP contribution in [-0.4, -0.2) is 24.2 Å². The fourth-order valence-electron chi connectivity index (χ4n) is 0.778. The average Bonchev–Trinajstić information content (AvgIpc) is 2.03. The molecule has 0 saturated heterocycles. The normalized spacial score (nSPS) is 12.2. The number of ether oxygens (including phenoxy) is 1. The maximum Gasteiger partial charge on any atom is 0.306 e. The first kappa shape index (κ1) is 10.9. The van der Waals surface area contributed by atoms with Crippen molar-refractivity contribution < 1.29 is 19.4 Å². The van der Waals surface area contributed by atoms with E-state index in [0.717, 1.165) is 0 Å². The summed E-state index contributed by atoms with van der Waals surface area (Å²) < 4.78 is 4.41. The van der Waals surface area contributed by atoms with Crippen LogP contribution in [0, 0.1) is 5.92 Å². The minimum absolute atomic E-state index is 0.285. The lowest BCUT2D eigenvalue weighted by molar-refractivity contribution is -0.143. The smallest absolute Gasteiger partial charge is 0.306 e. The largest absolute Gasteiger partial charge is 0.481 e. The molecule has 0 saturated carbocycles. The van der Waals surface area contributed by atoms with Crippen LogP contribution in [0.4, 0.5) is 0 Å². The zero-order chi connectivity index (χ0) is 9.56. The van der Waals surface area contributed by atoms with Crippen LogP contribution in [-0.2, 0) is 14.3 Å². The summed E-state index contributed by atoms with van der Waals surface area (Å²) in [6.45, 7) is 1.62. The minimum Gasteiger partial charge on any atom is -0.481 e. The standard InChI is InChI=1S/C8H14O4/c1-6(8(10)11)4-3-5-7(9)12-2/h6H,3-5H2,1-2H3,(H,10,11). The summed E-state index contributed by atoms with van der Waals surface area (Å²) in [5.41, 5.74) is 0. The van der Waals surface area contributed by atoms with Crippen molar-refractivity contribution in [1.82, 2.24) is 0 Å². The molecule has 0 aromatic carbocycles. The van der Waals surface area contributed by atoms with Crippen LogP contribution in [0.15, 0.2) is 0 Å². The highest BCUT2D eigenvalue weighted by atomic mass is 16.5. The lowest BCUT2D eigenvalue weighted by Gasteiger charge is -2.03. The highest BCUT2D eigenvalue weighted by Gasteiger charge is 2.10. The van der Waals surface area contributed by atoms with Crippen molar-refractivity contribution in [2.45, 2.75) is 26.2 Å². The lowest BCUT2D eigenvalue weighted by Crippen LogP contribution is -2.10. The van der Waals surface area contributed by atoms with Gasteiger partial charge in [-0.1, -0.05) is 6.92 Å². The molecule has 0 aromatic heterocycles. The zero-order valence-electron chi connectivity index (χ0n) is 7.37. The van der Waals surface area contributed by atoms with Crippen molar-refractivity contribution in [3.8, 4) is 0 Å². The fraction of sp³-hybridized carbons (Fsp3) is 0.750. The van der Waals surface area contributed by atoms with E-state index in [2.05, 4.69) is 4.74 Å². The summed E-state index contributed by atoms with van der Waals surface area (Å²) in [6, 6.07) is 0. The monoisotopic (exact) mass is 174 g/mol. The molecule has 0 amide bonds. The van der Waals surface area contributed by atoms with Crippen molar-refractivity contribution in [2.24, 2.45) is 5.92 Å². The van der Waals surface area contributed by atoms with Gasteiger partial charge >= 0.3 is 11.9 Å². The van der Waals surface area contributed by atoms with Crippen molar-refractivity contribution in [2.75, 3.05) is 7.11 Å². The quantitative estimate of drug-likeness (QED) is 0.633. The summed E-state index contributed by atoms with van der Waals surface area (Å²) in [4.78, 5) is 20.9. The number of hydrogen-bond donors (Lipinski definition) is 1. The Morgan fingerprint density at radius 1 is 1.50 bits per heavy atom. The summed E-state index contributed by atoms with van der Waals surface area (Å²) in [6.07, 6.45) is 1.39. The molecule has 4 heteroatoms. The number of carboxylic acids is 1. The maximum absolute atomic E-state index is 10.6. The fourth-order valence-corrected chi connectivity index (χ4v) is 0.778. The molecule has 0 aromatic rings. The summed E-state index contributed by atoms with van der Waals surface area (Å²) >= 11 is 0. The molecule has 1 N–H and O–H groups in total. The number of esters is 1. The van der Waals surface area contributed by atoms with Crippen LogP contribution in [0.1, 0.15) is 26.2 Å². The molecule has 0 aliphatic rings. The highest BCUT2D eigenvalue weighted by molar-refractivity contribution is 5.70. The van der Waals surface area contributed by atoms with Gasteiger partial charge in [-0.2, -0.15) is 0 Å². The Balaban J connectivity index is 3.43. The number of carbonyl (C=O) groups is 2.